The number of aryl methyl sites for hydroxylation is 3. The molecular weight excluding hydrogens is 396 g/mol. The van der Waals surface area contributed by atoms with E-state index in [1.54, 1.807) is 0 Å². The summed E-state index contributed by atoms with van der Waals surface area (Å²) < 4.78 is 13.0. The van der Waals surface area contributed by atoms with Crippen molar-refractivity contribution in [1.82, 2.24) is 9.80 Å². The minimum atomic E-state index is 0.319. The number of rotatable bonds is 6. The van der Waals surface area contributed by atoms with Crippen molar-refractivity contribution < 1.29 is 9.47 Å². The SMILES string of the molecule is Cc1cc(Cc2cccc(C)c2OC2CCN(C)CC2)cc(C)c1OC1CCN(C)CC1. The van der Waals surface area contributed by atoms with Crippen LogP contribution in [0.25, 0.3) is 0 Å². The lowest BCUT2D eigenvalue weighted by Crippen LogP contribution is -2.36. The van der Waals surface area contributed by atoms with Crippen LogP contribution in [-0.4, -0.2) is 62.3 Å². The Morgan fingerprint density at radius 2 is 1.22 bits per heavy atom. The van der Waals surface area contributed by atoms with Gasteiger partial charge in [-0.2, -0.15) is 0 Å². The standard InChI is InChI=1S/C28H40N2O2/c1-20-7-6-8-24(28(20)32-26-11-15-30(5)16-12-26)19-23-17-21(2)27(22(3)18-23)31-25-9-13-29(4)14-10-25/h6-8,17-18,25-26H,9-16,19H2,1-5H3. The molecule has 0 unspecified atom stereocenters. The summed E-state index contributed by atoms with van der Waals surface area (Å²) in [7, 11) is 4.39. The molecule has 0 bridgehead atoms. The monoisotopic (exact) mass is 436 g/mol. The normalized spacial score (nSPS) is 19.3. The number of likely N-dealkylation sites (tertiary alicyclic amines) is 2. The second-order valence-electron chi connectivity index (χ2n) is 10.0. The highest BCUT2D eigenvalue weighted by atomic mass is 16.5. The van der Waals surface area contributed by atoms with E-state index in [0.29, 0.717) is 12.2 Å². The van der Waals surface area contributed by atoms with Crippen molar-refractivity contribution in [2.75, 3.05) is 40.3 Å². The van der Waals surface area contributed by atoms with Crippen LogP contribution in [0.3, 0.4) is 0 Å². The highest BCUT2D eigenvalue weighted by molar-refractivity contribution is 5.48. The van der Waals surface area contributed by atoms with Crippen LogP contribution in [0.5, 0.6) is 11.5 Å². The Hall–Kier alpha value is -2.04. The number of nitrogens with zero attached hydrogens (tertiary/aromatic N) is 2. The molecule has 0 atom stereocenters. The van der Waals surface area contributed by atoms with Gasteiger partial charge in [0, 0.05) is 32.6 Å². The van der Waals surface area contributed by atoms with Crippen LogP contribution in [0, 0.1) is 20.8 Å². The number of piperidine rings is 2. The average Bonchev–Trinajstić information content (AvgIpc) is 2.76. The minimum Gasteiger partial charge on any atom is -0.490 e. The molecule has 32 heavy (non-hydrogen) atoms. The lowest BCUT2D eigenvalue weighted by atomic mass is 9.97. The van der Waals surface area contributed by atoms with Crippen molar-refractivity contribution in [2.45, 2.75) is 65.1 Å². The summed E-state index contributed by atoms with van der Waals surface area (Å²) in [5.74, 6) is 2.17. The Balaban J connectivity index is 1.49. The van der Waals surface area contributed by atoms with Gasteiger partial charge in [0.25, 0.3) is 0 Å². The predicted octanol–water partition coefficient (Wildman–Crippen LogP) is 5.15. The van der Waals surface area contributed by atoms with Gasteiger partial charge in [0.15, 0.2) is 0 Å². The van der Waals surface area contributed by atoms with Crippen molar-refractivity contribution in [3.63, 3.8) is 0 Å². The van der Waals surface area contributed by atoms with Crippen LogP contribution < -0.4 is 9.47 Å². The maximum absolute atomic E-state index is 6.58. The van der Waals surface area contributed by atoms with Crippen LogP contribution in [-0.2, 0) is 6.42 Å². The largest absolute Gasteiger partial charge is 0.490 e. The number of ether oxygens (including phenoxy) is 2. The Labute approximate surface area is 194 Å². The number of hydrogen-bond donors (Lipinski definition) is 0. The van der Waals surface area contributed by atoms with Crippen molar-refractivity contribution in [3.05, 3.63) is 58.1 Å². The third-order valence-corrected chi connectivity index (χ3v) is 7.11. The third-order valence-electron chi connectivity index (χ3n) is 7.11. The van der Waals surface area contributed by atoms with E-state index in [0.717, 1.165) is 69.8 Å². The zero-order valence-corrected chi connectivity index (χ0v) is 20.6. The van der Waals surface area contributed by atoms with Crippen molar-refractivity contribution in [2.24, 2.45) is 0 Å². The van der Waals surface area contributed by atoms with Gasteiger partial charge in [0.1, 0.15) is 23.7 Å². The molecule has 2 aromatic carbocycles. The van der Waals surface area contributed by atoms with Crippen LogP contribution in [0.15, 0.2) is 30.3 Å². The van der Waals surface area contributed by atoms with Gasteiger partial charge < -0.3 is 19.3 Å². The van der Waals surface area contributed by atoms with Crippen LogP contribution in [0.2, 0.25) is 0 Å². The number of para-hydroxylation sites is 1. The molecule has 0 saturated carbocycles. The molecular formula is C28H40N2O2. The average molecular weight is 437 g/mol. The summed E-state index contributed by atoms with van der Waals surface area (Å²) in [5.41, 5.74) is 6.33. The van der Waals surface area contributed by atoms with Gasteiger partial charge >= 0.3 is 0 Å². The van der Waals surface area contributed by atoms with E-state index < -0.39 is 0 Å². The Kier molecular flexibility index (Phi) is 7.42. The molecule has 2 heterocycles. The molecule has 2 fully saturated rings. The summed E-state index contributed by atoms with van der Waals surface area (Å²) in [4.78, 5) is 4.77. The minimum absolute atomic E-state index is 0.319. The van der Waals surface area contributed by atoms with E-state index in [1.807, 2.05) is 0 Å². The van der Waals surface area contributed by atoms with Gasteiger partial charge in [-0.05, 0) is 88.4 Å². The smallest absolute Gasteiger partial charge is 0.126 e. The fourth-order valence-electron chi connectivity index (χ4n) is 5.11. The lowest BCUT2D eigenvalue weighted by Gasteiger charge is -2.31. The third kappa shape index (κ3) is 5.65. The molecule has 4 rings (SSSR count). The molecule has 2 aromatic rings. The zero-order chi connectivity index (χ0) is 22.7. The number of hydrogen-bond acceptors (Lipinski definition) is 4. The van der Waals surface area contributed by atoms with Gasteiger partial charge in [0.2, 0.25) is 0 Å². The zero-order valence-electron chi connectivity index (χ0n) is 20.6. The summed E-state index contributed by atoms with van der Waals surface area (Å²) >= 11 is 0. The van der Waals surface area contributed by atoms with E-state index in [2.05, 4.69) is 75.0 Å². The van der Waals surface area contributed by atoms with E-state index in [-0.39, 0.29) is 0 Å². The first-order valence-corrected chi connectivity index (χ1v) is 12.3. The van der Waals surface area contributed by atoms with Gasteiger partial charge in [-0.15, -0.1) is 0 Å². The quantitative estimate of drug-likeness (QED) is 0.625. The molecule has 174 valence electrons. The fourth-order valence-corrected chi connectivity index (χ4v) is 5.11. The molecule has 0 N–H and O–H groups in total. The van der Waals surface area contributed by atoms with Crippen molar-refractivity contribution in [1.29, 1.82) is 0 Å². The Morgan fingerprint density at radius 1 is 0.719 bits per heavy atom. The number of benzene rings is 2. The maximum atomic E-state index is 6.58. The second-order valence-corrected chi connectivity index (χ2v) is 10.0. The summed E-state index contributed by atoms with van der Waals surface area (Å²) in [6.45, 7) is 11.0. The highest BCUT2D eigenvalue weighted by Gasteiger charge is 2.22. The van der Waals surface area contributed by atoms with Crippen LogP contribution in [0.1, 0.15) is 53.5 Å². The maximum Gasteiger partial charge on any atom is 0.126 e. The summed E-state index contributed by atoms with van der Waals surface area (Å²) in [5, 5.41) is 0. The first kappa shape index (κ1) is 23.1. The molecule has 4 heteroatoms. The molecule has 2 aliphatic rings. The summed E-state index contributed by atoms with van der Waals surface area (Å²) in [6.07, 6.45) is 5.97. The van der Waals surface area contributed by atoms with E-state index in [4.69, 9.17) is 9.47 Å². The van der Waals surface area contributed by atoms with E-state index >= 15 is 0 Å². The lowest BCUT2D eigenvalue weighted by molar-refractivity contribution is 0.113. The molecule has 2 saturated heterocycles. The van der Waals surface area contributed by atoms with E-state index in [9.17, 15) is 0 Å². The van der Waals surface area contributed by atoms with Gasteiger partial charge in [-0.25, -0.2) is 0 Å². The summed E-state index contributed by atoms with van der Waals surface area (Å²) in [6, 6.07) is 11.2. The first-order chi connectivity index (χ1) is 15.4. The molecule has 0 spiro atoms. The predicted molar refractivity (Wildman–Crippen MR) is 132 cm³/mol. The van der Waals surface area contributed by atoms with Gasteiger partial charge in [-0.1, -0.05) is 30.3 Å². The molecule has 0 aromatic heterocycles. The molecule has 4 nitrogen and oxygen atoms in total. The van der Waals surface area contributed by atoms with Crippen molar-refractivity contribution >= 4 is 0 Å². The Bertz CT molecular complexity index is 887. The van der Waals surface area contributed by atoms with Crippen LogP contribution in [0.4, 0.5) is 0 Å². The molecule has 0 radical (unpaired) electrons. The van der Waals surface area contributed by atoms with Crippen LogP contribution >= 0.6 is 0 Å². The van der Waals surface area contributed by atoms with E-state index in [1.165, 1.54) is 27.8 Å². The molecule has 2 aliphatic heterocycles. The van der Waals surface area contributed by atoms with Gasteiger partial charge in [-0.3, -0.25) is 0 Å². The Morgan fingerprint density at radius 3 is 1.75 bits per heavy atom. The van der Waals surface area contributed by atoms with Gasteiger partial charge in [0.05, 0.1) is 0 Å². The second kappa shape index (κ2) is 10.3. The highest BCUT2D eigenvalue weighted by Crippen LogP contribution is 2.32. The molecule has 0 amide bonds. The first-order valence-electron chi connectivity index (χ1n) is 12.3. The fraction of sp³-hybridized carbons (Fsp3) is 0.571. The topological polar surface area (TPSA) is 24.9 Å². The van der Waals surface area contributed by atoms with Crippen molar-refractivity contribution in [3.8, 4) is 11.5 Å². The molecule has 0 aliphatic carbocycles.